The molecule has 0 bridgehead atoms. The Labute approximate surface area is 208 Å². The minimum Gasteiger partial charge on any atom is -0.359 e. The second-order valence-corrected chi connectivity index (χ2v) is 8.84. The first-order valence-corrected chi connectivity index (χ1v) is 11.9. The monoisotopic (exact) mass is 468 g/mol. The van der Waals surface area contributed by atoms with Crippen LogP contribution in [0, 0.1) is 0 Å². The summed E-state index contributed by atoms with van der Waals surface area (Å²) in [5.74, 6) is 0. The molecule has 2 saturated heterocycles. The maximum Gasteiger partial charge on any atom is 0.116 e. The summed E-state index contributed by atoms with van der Waals surface area (Å²) in [6.45, 7) is 0. The lowest BCUT2D eigenvalue weighted by atomic mass is 10.0. The molecule has 3 aliphatic heterocycles. The number of epoxide rings is 2. The largest absolute Gasteiger partial charge is 0.359 e. The standard InChI is InChI=1S/C30H20N4O2/c1-5-13-23-19(9-1)27-28(35-27)20-10-2-6-14-24(20)33-18-34-26-16-8-4-12-22(26)30-29(36-30)21-11-3-7-15-25(21)32-17-31-23/h1-16,27-30H/t27-,28+,29-,30+. The van der Waals surface area contributed by atoms with Crippen molar-refractivity contribution in [3.63, 3.8) is 0 Å². The fraction of sp³-hybridized carbons (Fsp3) is 0.133. The summed E-state index contributed by atoms with van der Waals surface area (Å²) in [5.41, 5.74) is 7.10. The third-order valence-corrected chi connectivity index (χ3v) is 6.64. The molecule has 6 nitrogen and oxygen atoms in total. The van der Waals surface area contributed by atoms with Gasteiger partial charge in [-0.3, -0.25) is 0 Å². The molecule has 3 aliphatic rings. The van der Waals surface area contributed by atoms with Gasteiger partial charge in [-0.1, -0.05) is 72.8 Å². The van der Waals surface area contributed by atoms with Crippen LogP contribution in [0.15, 0.2) is 117 Å². The average molecular weight is 469 g/mol. The van der Waals surface area contributed by atoms with E-state index in [9.17, 15) is 0 Å². The number of aliphatic imine (C=N–C) groups is 4. The zero-order chi connectivity index (χ0) is 23.9. The van der Waals surface area contributed by atoms with Gasteiger partial charge >= 0.3 is 0 Å². The molecule has 0 unspecified atom stereocenters. The summed E-state index contributed by atoms with van der Waals surface area (Å²) in [5, 5.41) is 0. The SMILES string of the molecule is C1=Nc2ccccc2[C@H]2O[C@H]2c2ccccc2N=C=Nc2ccccc2[C@@H]2O[C@@H]2c2ccccc2N=1. The van der Waals surface area contributed by atoms with Crippen LogP contribution in [-0.2, 0) is 9.47 Å². The van der Waals surface area contributed by atoms with Gasteiger partial charge in [-0.05, 0) is 24.3 Å². The number of benzene rings is 4. The normalized spacial score (nSPS) is 23.1. The lowest BCUT2D eigenvalue weighted by Gasteiger charge is -2.04. The van der Waals surface area contributed by atoms with Gasteiger partial charge in [0.2, 0.25) is 0 Å². The van der Waals surface area contributed by atoms with E-state index in [4.69, 9.17) is 9.47 Å². The van der Waals surface area contributed by atoms with E-state index in [2.05, 4.69) is 32.0 Å². The lowest BCUT2D eigenvalue weighted by molar-refractivity contribution is 0.378. The molecule has 4 atom stereocenters. The van der Waals surface area contributed by atoms with Crippen molar-refractivity contribution in [1.29, 1.82) is 0 Å². The van der Waals surface area contributed by atoms with Gasteiger partial charge in [-0.15, -0.1) is 0 Å². The van der Waals surface area contributed by atoms with Crippen LogP contribution in [-0.4, -0.2) is 12.0 Å². The Morgan fingerprint density at radius 2 is 0.639 bits per heavy atom. The van der Waals surface area contributed by atoms with E-state index in [-0.39, 0.29) is 24.4 Å². The Kier molecular flexibility index (Phi) is 5.02. The minimum atomic E-state index is -0.118. The zero-order valence-electron chi connectivity index (χ0n) is 19.2. The molecule has 0 saturated carbocycles. The number of fused-ring (bicyclic) bond motifs is 10. The molecule has 0 spiro atoms. The van der Waals surface area contributed by atoms with Gasteiger partial charge in [0.25, 0.3) is 0 Å². The first kappa shape index (κ1) is 20.9. The third-order valence-electron chi connectivity index (χ3n) is 6.64. The van der Waals surface area contributed by atoms with Gasteiger partial charge in [-0.2, -0.15) is 20.0 Å². The van der Waals surface area contributed by atoms with Crippen LogP contribution < -0.4 is 0 Å². The van der Waals surface area contributed by atoms with E-state index >= 15 is 0 Å². The van der Waals surface area contributed by atoms with Crippen LogP contribution in [0.1, 0.15) is 46.7 Å². The molecule has 6 heteroatoms. The molecule has 4 aromatic rings. The van der Waals surface area contributed by atoms with Crippen molar-refractivity contribution in [1.82, 2.24) is 0 Å². The maximum absolute atomic E-state index is 6.11. The molecule has 36 heavy (non-hydrogen) atoms. The number of hydrogen-bond donors (Lipinski definition) is 0. The summed E-state index contributed by atoms with van der Waals surface area (Å²) in [6, 6.07) is 37.5. The maximum atomic E-state index is 6.11. The fourth-order valence-corrected chi connectivity index (χ4v) is 4.76. The van der Waals surface area contributed by atoms with Crippen molar-refractivity contribution in [2.75, 3.05) is 0 Å². The van der Waals surface area contributed by atoms with E-state index in [1.165, 1.54) is 0 Å². The minimum absolute atomic E-state index is 0.118. The molecule has 3 heterocycles. The molecule has 0 aliphatic carbocycles. The molecular weight excluding hydrogens is 448 g/mol. The first-order chi connectivity index (χ1) is 17.9. The number of nitrogens with zero attached hydrogens (tertiary/aromatic N) is 4. The lowest BCUT2D eigenvalue weighted by Crippen LogP contribution is -1.87. The molecule has 0 radical (unpaired) electrons. The van der Waals surface area contributed by atoms with Crippen molar-refractivity contribution in [3.8, 4) is 0 Å². The van der Waals surface area contributed by atoms with Crippen LogP contribution in [0.25, 0.3) is 0 Å². The average Bonchev–Trinajstić information content (AvgIpc) is 3.85. The van der Waals surface area contributed by atoms with E-state index in [1.807, 2.05) is 97.1 Å². The van der Waals surface area contributed by atoms with Crippen LogP contribution >= 0.6 is 0 Å². The Morgan fingerprint density at radius 1 is 0.389 bits per heavy atom. The summed E-state index contributed by atoms with van der Waals surface area (Å²) in [4.78, 5) is 18.3. The predicted molar refractivity (Wildman–Crippen MR) is 137 cm³/mol. The van der Waals surface area contributed by atoms with Crippen molar-refractivity contribution < 1.29 is 9.47 Å². The van der Waals surface area contributed by atoms with Crippen molar-refractivity contribution in [2.45, 2.75) is 24.4 Å². The van der Waals surface area contributed by atoms with Gasteiger partial charge in [0.05, 0.1) is 22.7 Å². The number of rotatable bonds is 0. The van der Waals surface area contributed by atoms with Gasteiger partial charge in [-0.25, -0.2) is 0 Å². The van der Waals surface area contributed by atoms with Crippen LogP contribution in [0.2, 0.25) is 0 Å². The topological polar surface area (TPSA) is 74.5 Å². The van der Waals surface area contributed by atoms with E-state index in [0.29, 0.717) is 0 Å². The Morgan fingerprint density at radius 3 is 0.917 bits per heavy atom. The highest BCUT2D eigenvalue weighted by molar-refractivity contribution is 5.66. The summed E-state index contributed by atoms with van der Waals surface area (Å²) in [7, 11) is 0. The smallest absolute Gasteiger partial charge is 0.116 e. The van der Waals surface area contributed by atoms with Gasteiger partial charge in [0.1, 0.15) is 36.4 Å². The van der Waals surface area contributed by atoms with Crippen molar-refractivity contribution >= 4 is 34.8 Å². The zero-order valence-corrected chi connectivity index (χ0v) is 19.2. The fourth-order valence-electron chi connectivity index (χ4n) is 4.76. The number of hydrogen-bond acceptors (Lipinski definition) is 6. The molecule has 0 N–H and O–H groups in total. The summed E-state index contributed by atoms with van der Waals surface area (Å²) < 4.78 is 12.2. The number of para-hydroxylation sites is 4. The molecule has 0 amide bonds. The Balaban J connectivity index is 1.38. The predicted octanol–water partition coefficient (Wildman–Crippen LogP) is 7.90. The van der Waals surface area contributed by atoms with E-state index < -0.39 is 0 Å². The highest BCUT2D eigenvalue weighted by Gasteiger charge is 2.45. The third kappa shape index (κ3) is 3.81. The molecule has 4 aromatic carbocycles. The molecule has 7 rings (SSSR count). The van der Waals surface area contributed by atoms with E-state index in [0.717, 1.165) is 45.0 Å². The molecule has 0 aromatic heterocycles. The summed E-state index contributed by atoms with van der Waals surface area (Å²) in [6.07, 6.45) is -0.472. The van der Waals surface area contributed by atoms with Gasteiger partial charge in [0, 0.05) is 22.3 Å². The number of ether oxygens (including phenoxy) is 2. The van der Waals surface area contributed by atoms with E-state index in [1.54, 1.807) is 0 Å². The summed E-state index contributed by atoms with van der Waals surface area (Å²) >= 11 is 0. The molecule has 172 valence electrons. The Bertz CT molecular complexity index is 1380. The highest BCUT2D eigenvalue weighted by Crippen LogP contribution is 2.56. The van der Waals surface area contributed by atoms with Crippen LogP contribution in [0.3, 0.4) is 0 Å². The molecule has 2 fully saturated rings. The molecular formula is C30H20N4O2. The van der Waals surface area contributed by atoms with Crippen molar-refractivity contribution in [3.05, 3.63) is 119 Å². The van der Waals surface area contributed by atoms with Crippen molar-refractivity contribution in [2.24, 2.45) is 20.0 Å². The second kappa shape index (κ2) is 8.65. The quantitative estimate of drug-likeness (QED) is 0.246. The second-order valence-electron chi connectivity index (χ2n) is 8.84. The van der Waals surface area contributed by atoms with Crippen LogP contribution in [0.4, 0.5) is 22.7 Å². The van der Waals surface area contributed by atoms with Gasteiger partial charge in [0.15, 0.2) is 0 Å². The van der Waals surface area contributed by atoms with Crippen LogP contribution in [0.5, 0.6) is 0 Å². The first-order valence-electron chi connectivity index (χ1n) is 11.9. The highest BCUT2D eigenvalue weighted by atomic mass is 16.6. The Hall–Kier alpha value is -4.44. The van der Waals surface area contributed by atoms with Gasteiger partial charge < -0.3 is 9.47 Å².